The van der Waals surface area contributed by atoms with Gasteiger partial charge in [0.15, 0.2) is 0 Å². The molecular weight excluding hydrogens is 164 g/mol. The van der Waals surface area contributed by atoms with E-state index in [1.165, 1.54) is 0 Å². The van der Waals surface area contributed by atoms with Gasteiger partial charge in [-0.15, -0.1) is 0 Å². The number of hydrogen-bond donors (Lipinski definition) is 0. The lowest BCUT2D eigenvalue weighted by Crippen LogP contribution is -2.37. The molecule has 2 heteroatoms. The Balaban J connectivity index is 3.01. The first-order chi connectivity index (χ1) is 5.85. The fourth-order valence-corrected chi connectivity index (χ4v) is 2.45. The van der Waals surface area contributed by atoms with Crippen LogP contribution in [-0.2, 0) is 9.59 Å². The van der Waals surface area contributed by atoms with Crippen LogP contribution in [0, 0.1) is 16.7 Å². The van der Waals surface area contributed by atoms with Crippen molar-refractivity contribution in [2.45, 2.75) is 40.5 Å². The number of hydrogen-bond acceptors (Lipinski definition) is 2. The first-order valence-electron chi connectivity index (χ1n) is 4.82. The monoisotopic (exact) mass is 182 g/mol. The first-order valence-corrected chi connectivity index (χ1v) is 4.82. The zero-order chi connectivity index (χ0) is 10.3. The molecule has 13 heavy (non-hydrogen) atoms. The molecule has 1 aliphatic rings. The Bertz CT molecular complexity index is 242. The maximum atomic E-state index is 11.3. The molecule has 0 saturated heterocycles. The van der Waals surface area contributed by atoms with E-state index in [-0.39, 0.29) is 22.5 Å². The Kier molecular flexibility index (Phi) is 2.35. The average molecular weight is 182 g/mol. The van der Waals surface area contributed by atoms with Crippen molar-refractivity contribution in [3.05, 3.63) is 0 Å². The second-order valence-electron chi connectivity index (χ2n) is 4.96. The van der Waals surface area contributed by atoms with Crippen LogP contribution in [0.15, 0.2) is 0 Å². The van der Waals surface area contributed by atoms with Crippen LogP contribution in [0.1, 0.15) is 40.5 Å². The van der Waals surface area contributed by atoms with Crippen molar-refractivity contribution in [1.29, 1.82) is 0 Å². The molecule has 2 nitrogen and oxygen atoms in total. The van der Waals surface area contributed by atoms with Gasteiger partial charge >= 0.3 is 0 Å². The molecule has 0 aromatic heterocycles. The zero-order valence-electron chi connectivity index (χ0n) is 8.89. The van der Waals surface area contributed by atoms with Gasteiger partial charge < -0.3 is 4.79 Å². The number of ketones is 1. The van der Waals surface area contributed by atoms with Crippen molar-refractivity contribution in [3.8, 4) is 0 Å². The predicted molar refractivity (Wildman–Crippen MR) is 51.4 cm³/mol. The van der Waals surface area contributed by atoms with E-state index in [9.17, 15) is 9.59 Å². The number of carbonyl (C=O) groups excluding carboxylic acids is 2. The normalized spacial score (nSPS) is 37.4. The Morgan fingerprint density at radius 2 is 1.92 bits per heavy atom. The Morgan fingerprint density at radius 3 is 2.15 bits per heavy atom. The number of aldehydes is 1. The van der Waals surface area contributed by atoms with Crippen LogP contribution in [0.2, 0.25) is 0 Å². The molecule has 0 amide bonds. The quantitative estimate of drug-likeness (QED) is 0.614. The SMILES string of the molecule is CC(=O)C1CCC(C)(C=O)C1(C)C. The fourth-order valence-electron chi connectivity index (χ4n) is 2.45. The highest BCUT2D eigenvalue weighted by Gasteiger charge is 2.52. The third kappa shape index (κ3) is 1.32. The molecule has 0 spiro atoms. The molecule has 1 aliphatic carbocycles. The molecule has 0 aromatic rings. The molecule has 0 heterocycles. The van der Waals surface area contributed by atoms with Gasteiger partial charge in [-0.3, -0.25) is 4.79 Å². The summed E-state index contributed by atoms with van der Waals surface area (Å²) in [5.41, 5.74) is -0.496. The summed E-state index contributed by atoms with van der Waals surface area (Å²) in [6, 6.07) is 0. The summed E-state index contributed by atoms with van der Waals surface area (Å²) in [6.07, 6.45) is 2.72. The van der Waals surface area contributed by atoms with Gasteiger partial charge in [0, 0.05) is 11.3 Å². The van der Waals surface area contributed by atoms with Crippen LogP contribution in [0.5, 0.6) is 0 Å². The molecule has 2 atom stereocenters. The van der Waals surface area contributed by atoms with Gasteiger partial charge in [0.2, 0.25) is 0 Å². The predicted octanol–water partition coefficient (Wildman–Crippen LogP) is 2.22. The maximum absolute atomic E-state index is 11.3. The molecule has 1 rings (SSSR count). The van der Waals surface area contributed by atoms with Crippen molar-refractivity contribution in [2.24, 2.45) is 16.7 Å². The highest BCUT2D eigenvalue weighted by molar-refractivity contribution is 5.81. The summed E-state index contributed by atoms with van der Waals surface area (Å²) >= 11 is 0. The summed E-state index contributed by atoms with van der Waals surface area (Å²) in [6.45, 7) is 7.65. The van der Waals surface area contributed by atoms with Gasteiger partial charge in [0.25, 0.3) is 0 Å². The van der Waals surface area contributed by atoms with Crippen LogP contribution in [0.3, 0.4) is 0 Å². The van der Waals surface area contributed by atoms with Crippen LogP contribution < -0.4 is 0 Å². The summed E-state index contributed by atoms with van der Waals surface area (Å²) < 4.78 is 0. The second kappa shape index (κ2) is 2.93. The first kappa shape index (κ1) is 10.4. The summed E-state index contributed by atoms with van der Waals surface area (Å²) in [7, 11) is 0. The molecule has 0 N–H and O–H groups in total. The molecular formula is C11H18O2. The largest absolute Gasteiger partial charge is 0.303 e. The smallest absolute Gasteiger partial charge is 0.133 e. The second-order valence-corrected chi connectivity index (χ2v) is 4.96. The minimum absolute atomic E-state index is 0.0581. The van der Waals surface area contributed by atoms with Crippen LogP contribution >= 0.6 is 0 Å². The van der Waals surface area contributed by atoms with Gasteiger partial charge in [-0.25, -0.2) is 0 Å². The summed E-state index contributed by atoms with van der Waals surface area (Å²) in [5, 5.41) is 0. The number of carbonyl (C=O) groups is 2. The van der Waals surface area contributed by atoms with Gasteiger partial charge in [-0.2, -0.15) is 0 Å². The lowest BCUT2D eigenvalue weighted by Gasteiger charge is -2.36. The highest BCUT2D eigenvalue weighted by atomic mass is 16.1. The van der Waals surface area contributed by atoms with E-state index in [0.717, 1.165) is 19.1 Å². The van der Waals surface area contributed by atoms with Gasteiger partial charge in [-0.05, 0) is 25.2 Å². The van der Waals surface area contributed by atoms with E-state index in [4.69, 9.17) is 0 Å². The lowest BCUT2D eigenvalue weighted by atomic mass is 9.66. The van der Waals surface area contributed by atoms with Gasteiger partial charge in [0.05, 0.1) is 0 Å². The molecule has 0 bridgehead atoms. The Morgan fingerprint density at radius 1 is 1.38 bits per heavy atom. The van der Waals surface area contributed by atoms with Crippen molar-refractivity contribution in [2.75, 3.05) is 0 Å². The average Bonchev–Trinajstić information content (AvgIpc) is 2.24. The molecule has 2 unspecified atom stereocenters. The minimum Gasteiger partial charge on any atom is -0.303 e. The van der Waals surface area contributed by atoms with E-state index in [1.54, 1.807) is 6.92 Å². The molecule has 0 radical (unpaired) electrons. The minimum atomic E-state index is -0.316. The highest BCUT2D eigenvalue weighted by Crippen LogP contribution is 2.54. The van der Waals surface area contributed by atoms with E-state index in [0.29, 0.717) is 0 Å². The zero-order valence-corrected chi connectivity index (χ0v) is 8.89. The third-order valence-corrected chi connectivity index (χ3v) is 4.05. The molecule has 0 aromatic carbocycles. The van der Waals surface area contributed by atoms with E-state index >= 15 is 0 Å². The molecule has 74 valence electrons. The Hall–Kier alpha value is -0.660. The van der Waals surface area contributed by atoms with E-state index < -0.39 is 0 Å². The van der Waals surface area contributed by atoms with E-state index in [1.807, 2.05) is 20.8 Å². The van der Waals surface area contributed by atoms with Crippen molar-refractivity contribution in [3.63, 3.8) is 0 Å². The fraction of sp³-hybridized carbons (Fsp3) is 0.818. The number of Topliss-reactive ketones (excluding diaryl/α,β-unsaturated/α-hetero) is 1. The molecule has 1 saturated carbocycles. The summed E-state index contributed by atoms with van der Waals surface area (Å²) in [4.78, 5) is 22.4. The third-order valence-electron chi connectivity index (χ3n) is 4.05. The van der Waals surface area contributed by atoms with Crippen LogP contribution in [0.25, 0.3) is 0 Å². The van der Waals surface area contributed by atoms with Gasteiger partial charge in [0.1, 0.15) is 12.1 Å². The topological polar surface area (TPSA) is 34.1 Å². The standard InChI is InChI=1S/C11H18O2/c1-8(13)9-5-6-11(4,7-12)10(9,2)3/h7,9H,5-6H2,1-4H3. The van der Waals surface area contributed by atoms with Crippen molar-refractivity contribution < 1.29 is 9.59 Å². The van der Waals surface area contributed by atoms with Gasteiger partial charge in [-0.1, -0.05) is 20.8 Å². The molecule has 1 fully saturated rings. The lowest BCUT2D eigenvalue weighted by molar-refractivity contribution is -0.127. The number of rotatable bonds is 2. The van der Waals surface area contributed by atoms with Crippen LogP contribution in [-0.4, -0.2) is 12.1 Å². The maximum Gasteiger partial charge on any atom is 0.133 e. The van der Waals surface area contributed by atoms with Crippen molar-refractivity contribution in [1.82, 2.24) is 0 Å². The van der Waals surface area contributed by atoms with Crippen molar-refractivity contribution >= 4 is 12.1 Å². The van der Waals surface area contributed by atoms with Crippen LogP contribution in [0.4, 0.5) is 0 Å². The molecule has 0 aliphatic heterocycles. The Labute approximate surface area is 79.7 Å². The van der Waals surface area contributed by atoms with E-state index in [2.05, 4.69) is 0 Å². The summed E-state index contributed by atoms with van der Waals surface area (Å²) in [5.74, 6) is 0.276.